The smallest absolute Gasteiger partial charge is 0.245 e. The lowest BCUT2D eigenvalue weighted by Crippen LogP contribution is -2.36. The van der Waals surface area contributed by atoms with Crippen LogP contribution in [-0.4, -0.2) is 39.8 Å². The normalized spacial score (nSPS) is 15.2. The van der Waals surface area contributed by atoms with E-state index in [1.165, 1.54) is 12.8 Å². The predicted octanol–water partition coefficient (Wildman–Crippen LogP) is 1.30. The molecule has 1 aliphatic rings. The minimum absolute atomic E-state index is 0.0462. The van der Waals surface area contributed by atoms with Gasteiger partial charge in [0, 0.05) is 13.0 Å². The van der Waals surface area contributed by atoms with E-state index in [1.54, 1.807) is 18.7 Å². The fourth-order valence-electron chi connectivity index (χ4n) is 2.52. The van der Waals surface area contributed by atoms with Gasteiger partial charge in [-0.1, -0.05) is 12.1 Å². The molecular formula is C16H21N5O2. The maximum absolute atomic E-state index is 12.6. The van der Waals surface area contributed by atoms with E-state index in [0.29, 0.717) is 18.2 Å². The highest BCUT2D eigenvalue weighted by Gasteiger charge is 2.27. The van der Waals surface area contributed by atoms with Crippen LogP contribution in [0.5, 0.6) is 5.75 Å². The summed E-state index contributed by atoms with van der Waals surface area (Å²) in [6.45, 7) is 2.53. The van der Waals surface area contributed by atoms with Gasteiger partial charge in [-0.2, -0.15) is 0 Å². The summed E-state index contributed by atoms with van der Waals surface area (Å²) in [5.74, 6) is 1.98. The number of hydrogen-bond donors (Lipinski definition) is 1. The topological polar surface area (TPSA) is 81.9 Å². The van der Waals surface area contributed by atoms with Crippen molar-refractivity contribution in [2.75, 3.05) is 13.7 Å². The van der Waals surface area contributed by atoms with E-state index in [-0.39, 0.29) is 5.91 Å². The highest BCUT2D eigenvalue weighted by atomic mass is 16.5. The zero-order chi connectivity index (χ0) is 16.2. The van der Waals surface area contributed by atoms with Crippen molar-refractivity contribution in [1.82, 2.24) is 25.5 Å². The maximum atomic E-state index is 12.6. The summed E-state index contributed by atoms with van der Waals surface area (Å²) >= 11 is 0. The first-order valence-electron chi connectivity index (χ1n) is 7.82. The van der Waals surface area contributed by atoms with Gasteiger partial charge in [-0.25, -0.2) is 4.68 Å². The molecule has 1 aliphatic carbocycles. The van der Waals surface area contributed by atoms with Crippen molar-refractivity contribution in [3.8, 4) is 5.75 Å². The molecule has 0 radical (unpaired) electrons. The Morgan fingerprint density at radius 3 is 2.96 bits per heavy atom. The summed E-state index contributed by atoms with van der Waals surface area (Å²) in [7, 11) is 1.63. The van der Waals surface area contributed by atoms with Gasteiger partial charge in [-0.3, -0.25) is 4.79 Å². The molecule has 1 fully saturated rings. The predicted molar refractivity (Wildman–Crippen MR) is 84.0 cm³/mol. The van der Waals surface area contributed by atoms with E-state index >= 15 is 0 Å². The molecule has 7 nitrogen and oxygen atoms in total. The van der Waals surface area contributed by atoms with Crippen LogP contribution >= 0.6 is 0 Å². The number of tetrazole rings is 1. The van der Waals surface area contributed by atoms with Crippen LogP contribution in [0.1, 0.15) is 30.3 Å². The van der Waals surface area contributed by atoms with Gasteiger partial charge < -0.3 is 10.1 Å². The quantitative estimate of drug-likeness (QED) is 0.833. The Morgan fingerprint density at radius 1 is 1.48 bits per heavy atom. The number of nitrogens with one attached hydrogen (secondary N) is 1. The van der Waals surface area contributed by atoms with E-state index < -0.39 is 6.04 Å². The van der Waals surface area contributed by atoms with Gasteiger partial charge in [-0.05, 0) is 53.8 Å². The monoisotopic (exact) mass is 315 g/mol. The zero-order valence-electron chi connectivity index (χ0n) is 13.4. The van der Waals surface area contributed by atoms with Gasteiger partial charge in [0.15, 0.2) is 0 Å². The average molecular weight is 315 g/mol. The minimum Gasteiger partial charge on any atom is -0.497 e. The second-order valence-corrected chi connectivity index (χ2v) is 5.93. The van der Waals surface area contributed by atoms with Gasteiger partial charge in [0.2, 0.25) is 5.91 Å². The highest BCUT2D eigenvalue weighted by Crippen LogP contribution is 2.28. The van der Waals surface area contributed by atoms with Gasteiger partial charge >= 0.3 is 0 Å². The van der Waals surface area contributed by atoms with Crippen molar-refractivity contribution in [3.63, 3.8) is 0 Å². The third-order valence-corrected chi connectivity index (χ3v) is 4.08. The summed E-state index contributed by atoms with van der Waals surface area (Å²) in [6.07, 6.45) is 2.91. The molecule has 1 heterocycles. The van der Waals surface area contributed by atoms with E-state index in [4.69, 9.17) is 4.74 Å². The Hall–Kier alpha value is -2.44. The van der Waals surface area contributed by atoms with Crippen molar-refractivity contribution in [1.29, 1.82) is 0 Å². The largest absolute Gasteiger partial charge is 0.497 e. The number of carbonyl (C=O) groups excluding carboxylic acids is 1. The lowest BCUT2D eigenvalue weighted by atomic mass is 10.0. The van der Waals surface area contributed by atoms with Crippen molar-refractivity contribution in [3.05, 3.63) is 35.7 Å². The number of aromatic nitrogens is 4. The first-order chi connectivity index (χ1) is 11.2. The fourth-order valence-corrected chi connectivity index (χ4v) is 2.52. The molecular weight excluding hydrogens is 294 g/mol. The van der Waals surface area contributed by atoms with E-state index in [1.807, 2.05) is 24.3 Å². The van der Waals surface area contributed by atoms with Gasteiger partial charge in [0.25, 0.3) is 0 Å². The Kier molecular flexibility index (Phi) is 4.55. The number of ether oxygens (including phenoxy) is 1. The zero-order valence-corrected chi connectivity index (χ0v) is 13.4. The SMILES string of the molecule is COc1cccc(CC(C(=O)NCC2CC2)n2nnnc2C)c1. The standard InChI is InChI=1S/C16H21N5O2/c1-11-18-19-20-21(11)15(16(22)17-10-12-6-7-12)9-13-4-3-5-14(8-13)23-2/h3-5,8,12,15H,6-7,9-10H2,1-2H3,(H,17,22). The van der Waals surface area contributed by atoms with Crippen LogP contribution in [0.2, 0.25) is 0 Å². The number of amides is 1. The lowest BCUT2D eigenvalue weighted by Gasteiger charge is -2.18. The van der Waals surface area contributed by atoms with Crippen molar-refractivity contribution < 1.29 is 9.53 Å². The molecule has 0 saturated heterocycles. The number of aryl methyl sites for hydroxylation is 1. The Labute approximate surface area is 135 Å². The Bertz CT molecular complexity index is 681. The highest BCUT2D eigenvalue weighted by molar-refractivity contribution is 5.80. The third kappa shape index (κ3) is 3.85. The van der Waals surface area contributed by atoms with Crippen LogP contribution in [-0.2, 0) is 11.2 Å². The molecule has 7 heteroatoms. The third-order valence-electron chi connectivity index (χ3n) is 4.08. The lowest BCUT2D eigenvalue weighted by molar-refractivity contribution is -0.124. The van der Waals surface area contributed by atoms with Crippen LogP contribution in [0.3, 0.4) is 0 Å². The van der Waals surface area contributed by atoms with E-state index in [9.17, 15) is 4.79 Å². The second kappa shape index (κ2) is 6.76. The minimum atomic E-state index is -0.462. The number of hydrogen-bond acceptors (Lipinski definition) is 5. The summed E-state index contributed by atoms with van der Waals surface area (Å²) < 4.78 is 6.84. The molecule has 0 bridgehead atoms. The summed E-state index contributed by atoms with van der Waals surface area (Å²) in [5, 5.41) is 14.6. The second-order valence-electron chi connectivity index (χ2n) is 5.93. The molecule has 1 saturated carbocycles. The van der Waals surface area contributed by atoms with Crippen LogP contribution in [0, 0.1) is 12.8 Å². The molecule has 3 rings (SSSR count). The number of rotatable bonds is 7. The Balaban J connectivity index is 1.78. The molecule has 1 atom stereocenters. The summed E-state index contributed by atoms with van der Waals surface area (Å²) in [4.78, 5) is 12.6. The first-order valence-corrected chi connectivity index (χ1v) is 7.82. The molecule has 0 aliphatic heterocycles. The number of benzene rings is 1. The van der Waals surface area contributed by atoms with E-state index in [2.05, 4.69) is 20.8 Å². The van der Waals surface area contributed by atoms with Crippen LogP contribution in [0.15, 0.2) is 24.3 Å². The molecule has 1 unspecified atom stereocenters. The fraction of sp³-hybridized carbons (Fsp3) is 0.500. The van der Waals surface area contributed by atoms with Crippen molar-refractivity contribution in [2.45, 2.75) is 32.2 Å². The summed E-state index contributed by atoms with van der Waals surface area (Å²) in [5.41, 5.74) is 1.01. The number of nitrogens with zero attached hydrogens (tertiary/aromatic N) is 4. The van der Waals surface area contributed by atoms with E-state index in [0.717, 1.165) is 17.9 Å². The van der Waals surface area contributed by atoms with Crippen LogP contribution < -0.4 is 10.1 Å². The Morgan fingerprint density at radius 2 is 2.30 bits per heavy atom. The van der Waals surface area contributed by atoms with Gasteiger partial charge in [0.05, 0.1) is 7.11 Å². The van der Waals surface area contributed by atoms with Crippen molar-refractivity contribution in [2.24, 2.45) is 5.92 Å². The first kappa shape index (κ1) is 15.5. The molecule has 0 spiro atoms. The summed E-state index contributed by atoms with van der Waals surface area (Å²) in [6, 6.07) is 7.24. The molecule has 1 N–H and O–H groups in total. The average Bonchev–Trinajstić information content (AvgIpc) is 3.31. The molecule has 1 aromatic carbocycles. The molecule has 1 amide bonds. The molecule has 122 valence electrons. The molecule has 23 heavy (non-hydrogen) atoms. The number of methoxy groups -OCH3 is 1. The molecule has 2 aromatic rings. The van der Waals surface area contributed by atoms with Gasteiger partial charge in [-0.15, -0.1) is 5.10 Å². The number of carbonyl (C=O) groups is 1. The molecule has 1 aromatic heterocycles. The maximum Gasteiger partial charge on any atom is 0.245 e. The van der Waals surface area contributed by atoms with Gasteiger partial charge in [0.1, 0.15) is 17.6 Å². The van der Waals surface area contributed by atoms with Crippen molar-refractivity contribution >= 4 is 5.91 Å². The van der Waals surface area contributed by atoms with Crippen LogP contribution in [0.4, 0.5) is 0 Å². The van der Waals surface area contributed by atoms with Crippen LogP contribution in [0.25, 0.3) is 0 Å².